The lowest BCUT2D eigenvalue weighted by Crippen LogP contribution is -2.34. The van der Waals surface area contributed by atoms with Crippen molar-refractivity contribution >= 4 is 35.3 Å². The van der Waals surface area contributed by atoms with Crippen LogP contribution in [0, 0.1) is 5.92 Å². The van der Waals surface area contributed by atoms with Crippen molar-refractivity contribution < 1.29 is 14.3 Å². The summed E-state index contributed by atoms with van der Waals surface area (Å²) in [4.78, 5) is 26.5. The Morgan fingerprint density at radius 1 is 1.13 bits per heavy atom. The fourth-order valence-electron chi connectivity index (χ4n) is 3.68. The van der Waals surface area contributed by atoms with Crippen molar-refractivity contribution in [1.29, 1.82) is 0 Å². The molecule has 1 N–H and O–H groups in total. The van der Waals surface area contributed by atoms with Gasteiger partial charge >= 0.3 is 5.97 Å². The lowest BCUT2D eigenvalue weighted by atomic mass is 10.00. The number of hydrogen-bond acceptors (Lipinski definition) is 7. The van der Waals surface area contributed by atoms with Crippen molar-refractivity contribution in [3.05, 3.63) is 29.8 Å². The zero-order valence-electron chi connectivity index (χ0n) is 18.0. The molecule has 31 heavy (non-hydrogen) atoms. The first-order valence-corrected chi connectivity index (χ1v) is 11.9. The van der Waals surface area contributed by atoms with E-state index in [0.717, 1.165) is 43.0 Å². The standard InChI is InChI=1S/C22H29N5O3S/c1-3-30-20(29)16-4-6-17(7-5-16)23-19(28)14-31-22-25-24-21(27(22)18-8-9-18)26-12-10-15(2)11-13-26/h4-7,15,18H,3,8-14H2,1-2H3,(H,23,28). The Kier molecular flexibility index (Phi) is 6.80. The Labute approximate surface area is 186 Å². The third-order valence-electron chi connectivity index (χ3n) is 5.64. The minimum absolute atomic E-state index is 0.118. The number of nitrogens with one attached hydrogen (secondary N) is 1. The average Bonchev–Trinajstić information content (AvgIpc) is 3.52. The second-order valence-electron chi connectivity index (χ2n) is 8.19. The molecular weight excluding hydrogens is 414 g/mol. The van der Waals surface area contributed by atoms with Gasteiger partial charge in [0.25, 0.3) is 0 Å². The molecule has 2 aromatic rings. The summed E-state index contributed by atoms with van der Waals surface area (Å²) in [6, 6.07) is 7.16. The van der Waals surface area contributed by atoms with E-state index in [1.165, 1.54) is 24.6 Å². The molecule has 2 aliphatic rings. The van der Waals surface area contributed by atoms with Crippen molar-refractivity contribution in [2.75, 3.05) is 35.7 Å². The summed E-state index contributed by atoms with van der Waals surface area (Å²) in [5.74, 6) is 1.48. The van der Waals surface area contributed by atoms with Crippen molar-refractivity contribution in [2.45, 2.75) is 50.7 Å². The van der Waals surface area contributed by atoms with Gasteiger partial charge in [0.15, 0.2) is 5.16 Å². The maximum Gasteiger partial charge on any atom is 0.338 e. The lowest BCUT2D eigenvalue weighted by Gasteiger charge is -2.31. The van der Waals surface area contributed by atoms with Gasteiger partial charge < -0.3 is 15.0 Å². The van der Waals surface area contributed by atoms with E-state index >= 15 is 0 Å². The molecule has 2 heterocycles. The number of piperidine rings is 1. The van der Waals surface area contributed by atoms with Crippen LogP contribution in [0.2, 0.25) is 0 Å². The summed E-state index contributed by atoms with van der Waals surface area (Å²) < 4.78 is 7.20. The van der Waals surface area contributed by atoms with E-state index in [4.69, 9.17) is 4.74 Å². The average molecular weight is 444 g/mol. The summed E-state index contributed by atoms with van der Waals surface area (Å²) in [5, 5.41) is 12.6. The molecule has 1 saturated carbocycles. The van der Waals surface area contributed by atoms with Gasteiger partial charge in [0, 0.05) is 24.8 Å². The lowest BCUT2D eigenvalue weighted by molar-refractivity contribution is -0.113. The van der Waals surface area contributed by atoms with E-state index in [1.54, 1.807) is 31.2 Å². The summed E-state index contributed by atoms with van der Waals surface area (Å²) in [6.45, 7) is 6.42. The van der Waals surface area contributed by atoms with Crippen molar-refractivity contribution in [1.82, 2.24) is 14.8 Å². The Morgan fingerprint density at radius 2 is 1.84 bits per heavy atom. The topological polar surface area (TPSA) is 89.3 Å². The zero-order chi connectivity index (χ0) is 21.8. The van der Waals surface area contributed by atoms with E-state index in [9.17, 15) is 9.59 Å². The summed E-state index contributed by atoms with van der Waals surface area (Å²) in [6.07, 6.45) is 4.64. The van der Waals surface area contributed by atoms with Crippen molar-refractivity contribution in [2.24, 2.45) is 5.92 Å². The number of rotatable bonds is 8. The maximum atomic E-state index is 12.5. The third-order valence-corrected chi connectivity index (χ3v) is 6.58. The van der Waals surface area contributed by atoms with Gasteiger partial charge in [0.2, 0.25) is 11.9 Å². The van der Waals surface area contributed by atoms with Gasteiger partial charge in [-0.25, -0.2) is 4.79 Å². The van der Waals surface area contributed by atoms with Gasteiger partial charge in [-0.3, -0.25) is 9.36 Å². The molecule has 2 fully saturated rings. The van der Waals surface area contributed by atoms with Crippen LogP contribution in [0.25, 0.3) is 0 Å². The number of hydrogen-bond donors (Lipinski definition) is 1. The summed E-state index contributed by atoms with van der Waals surface area (Å²) in [7, 11) is 0. The Morgan fingerprint density at radius 3 is 2.48 bits per heavy atom. The molecule has 9 heteroatoms. The first-order valence-electron chi connectivity index (χ1n) is 10.9. The molecule has 0 spiro atoms. The van der Waals surface area contributed by atoms with E-state index in [1.807, 2.05) is 0 Å². The van der Waals surface area contributed by atoms with Gasteiger partial charge in [0.1, 0.15) is 0 Å². The summed E-state index contributed by atoms with van der Waals surface area (Å²) in [5.41, 5.74) is 1.11. The number of anilines is 2. The molecule has 8 nitrogen and oxygen atoms in total. The van der Waals surface area contributed by atoms with Crippen LogP contribution < -0.4 is 10.2 Å². The third kappa shape index (κ3) is 5.39. The largest absolute Gasteiger partial charge is 0.462 e. The number of thioether (sulfide) groups is 1. The van der Waals surface area contributed by atoms with Crippen LogP contribution in [-0.2, 0) is 9.53 Å². The Balaban J connectivity index is 1.35. The predicted molar refractivity (Wildman–Crippen MR) is 121 cm³/mol. The quantitative estimate of drug-likeness (QED) is 0.491. The SMILES string of the molecule is CCOC(=O)c1ccc(NC(=O)CSc2nnc(N3CCC(C)CC3)n2C2CC2)cc1. The van der Waals surface area contributed by atoms with Gasteiger partial charge in [-0.2, -0.15) is 0 Å². The molecule has 166 valence electrons. The maximum absolute atomic E-state index is 12.5. The number of ether oxygens (including phenoxy) is 1. The molecule has 1 aliphatic carbocycles. The number of amides is 1. The normalized spacial score (nSPS) is 16.9. The second-order valence-corrected chi connectivity index (χ2v) is 9.13. The number of aromatic nitrogens is 3. The van der Waals surface area contributed by atoms with Crippen LogP contribution in [0.3, 0.4) is 0 Å². The summed E-state index contributed by atoms with van der Waals surface area (Å²) >= 11 is 1.42. The number of benzene rings is 1. The van der Waals surface area contributed by atoms with Gasteiger partial charge in [0.05, 0.1) is 17.9 Å². The first kappa shape index (κ1) is 21.7. The minimum Gasteiger partial charge on any atom is -0.462 e. The highest BCUT2D eigenvalue weighted by molar-refractivity contribution is 7.99. The van der Waals surface area contributed by atoms with Crippen LogP contribution in [0.4, 0.5) is 11.6 Å². The van der Waals surface area contributed by atoms with E-state index in [2.05, 4.69) is 31.9 Å². The number of nitrogens with zero attached hydrogens (tertiary/aromatic N) is 4. The number of carbonyl (C=O) groups is 2. The zero-order valence-corrected chi connectivity index (χ0v) is 18.9. The molecule has 4 rings (SSSR count). The smallest absolute Gasteiger partial charge is 0.338 e. The monoisotopic (exact) mass is 443 g/mol. The molecule has 1 saturated heterocycles. The molecule has 1 amide bonds. The highest BCUT2D eigenvalue weighted by atomic mass is 32.2. The van der Waals surface area contributed by atoms with E-state index in [-0.39, 0.29) is 17.6 Å². The molecule has 1 aliphatic heterocycles. The van der Waals surface area contributed by atoms with Gasteiger partial charge in [-0.15, -0.1) is 10.2 Å². The van der Waals surface area contributed by atoms with Gasteiger partial charge in [-0.1, -0.05) is 18.7 Å². The Bertz CT molecular complexity index is 918. The molecule has 1 aromatic heterocycles. The molecule has 0 radical (unpaired) electrons. The molecule has 0 bridgehead atoms. The van der Waals surface area contributed by atoms with Crippen LogP contribution in [-0.4, -0.2) is 52.1 Å². The molecule has 1 aromatic carbocycles. The Hall–Kier alpha value is -2.55. The minimum atomic E-state index is -0.366. The fourth-order valence-corrected chi connectivity index (χ4v) is 4.48. The van der Waals surface area contributed by atoms with Crippen LogP contribution >= 0.6 is 11.8 Å². The van der Waals surface area contributed by atoms with Gasteiger partial charge in [-0.05, 0) is 62.8 Å². The highest BCUT2D eigenvalue weighted by Gasteiger charge is 2.32. The van der Waals surface area contributed by atoms with E-state index in [0.29, 0.717) is 23.9 Å². The molecular formula is C22H29N5O3S. The second kappa shape index (κ2) is 9.72. The fraction of sp³-hybridized carbons (Fsp3) is 0.545. The highest BCUT2D eigenvalue weighted by Crippen LogP contribution is 2.41. The van der Waals surface area contributed by atoms with Crippen molar-refractivity contribution in [3.63, 3.8) is 0 Å². The predicted octanol–water partition coefficient (Wildman–Crippen LogP) is 3.76. The van der Waals surface area contributed by atoms with Crippen LogP contribution in [0.15, 0.2) is 29.4 Å². The number of carbonyl (C=O) groups excluding carboxylic acids is 2. The molecule has 0 unspecified atom stereocenters. The van der Waals surface area contributed by atoms with Crippen molar-refractivity contribution in [3.8, 4) is 0 Å². The first-order chi connectivity index (χ1) is 15.0. The van der Waals surface area contributed by atoms with Crippen LogP contribution in [0.1, 0.15) is 55.9 Å². The molecule has 0 atom stereocenters. The van der Waals surface area contributed by atoms with Crippen LogP contribution in [0.5, 0.6) is 0 Å². The van der Waals surface area contributed by atoms with E-state index < -0.39 is 0 Å². The number of esters is 1.